The maximum Gasteiger partial charge on any atom is 0.296 e. The molecular weight excluding hydrogens is 246 g/mol. The quantitative estimate of drug-likeness (QED) is 0.496. The third-order valence-corrected chi connectivity index (χ3v) is 2.79. The molecule has 0 aliphatic heterocycles. The molecule has 0 aliphatic rings. The fourth-order valence-corrected chi connectivity index (χ4v) is 1.91. The molecule has 14 heavy (non-hydrogen) atoms. The van der Waals surface area contributed by atoms with Crippen LogP contribution in [0, 0.1) is 0 Å². The molecule has 0 aliphatic carbocycles. The van der Waals surface area contributed by atoms with Crippen LogP contribution in [0.4, 0.5) is 5.69 Å². The van der Waals surface area contributed by atoms with Crippen LogP contribution >= 0.6 is 23.8 Å². The first-order chi connectivity index (χ1) is 6.45. The predicted octanol–water partition coefficient (Wildman–Crippen LogP) is 2.32. The molecule has 0 radical (unpaired) electrons. The number of rotatable bonds is 2. The van der Waals surface area contributed by atoms with E-state index < -0.39 is 15.0 Å². The van der Waals surface area contributed by atoms with E-state index in [0.29, 0.717) is 0 Å². The van der Waals surface area contributed by atoms with Crippen LogP contribution in [0.25, 0.3) is 0 Å². The molecule has 7 heteroatoms. The Balaban J connectivity index is 3.43. The molecule has 0 bridgehead atoms. The molecule has 0 amide bonds. The summed E-state index contributed by atoms with van der Waals surface area (Å²) >= 11 is 9.90. The Kier molecular flexibility index (Phi) is 3.36. The highest BCUT2D eigenvalue weighted by atomic mass is 35.5. The molecule has 0 heterocycles. The molecule has 0 fully saturated rings. The Bertz CT molecular complexity index is 506. The first-order valence-corrected chi connectivity index (χ1v) is 5.52. The zero-order valence-electron chi connectivity index (χ0n) is 6.64. The summed E-state index contributed by atoms with van der Waals surface area (Å²) in [6, 6.07) is 3.86. The fourth-order valence-electron chi connectivity index (χ4n) is 0.812. The molecule has 1 aromatic carbocycles. The summed E-state index contributed by atoms with van der Waals surface area (Å²) < 4.78 is 30.3. The normalized spacial score (nSPS) is 10.7. The second kappa shape index (κ2) is 4.16. The number of halogens is 1. The van der Waals surface area contributed by atoms with E-state index in [1.165, 1.54) is 12.1 Å². The second-order valence-corrected chi connectivity index (χ2v) is 4.27. The van der Waals surface area contributed by atoms with Crippen molar-refractivity contribution in [1.29, 1.82) is 0 Å². The van der Waals surface area contributed by atoms with Crippen LogP contribution in [0.3, 0.4) is 0 Å². The van der Waals surface area contributed by atoms with Crippen LogP contribution in [0.2, 0.25) is 5.02 Å². The van der Waals surface area contributed by atoms with Gasteiger partial charge in [0.2, 0.25) is 0 Å². The molecule has 0 aromatic heterocycles. The lowest BCUT2D eigenvalue weighted by molar-refractivity contribution is 0.483. The highest BCUT2D eigenvalue weighted by molar-refractivity contribution is 7.86. The number of isothiocyanates is 1. The van der Waals surface area contributed by atoms with E-state index in [-0.39, 0.29) is 10.7 Å². The summed E-state index contributed by atoms with van der Waals surface area (Å²) in [5.41, 5.74) is 0.261. The van der Waals surface area contributed by atoms with Crippen LogP contribution in [0.5, 0.6) is 0 Å². The van der Waals surface area contributed by atoms with Crippen molar-refractivity contribution in [3.8, 4) is 0 Å². The van der Waals surface area contributed by atoms with Crippen molar-refractivity contribution in [2.45, 2.75) is 4.90 Å². The Morgan fingerprint density at radius 2 is 2.14 bits per heavy atom. The van der Waals surface area contributed by atoms with Crippen molar-refractivity contribution in [3.63, 3.8) is 0 Å². The van der Waals surface area contributed by atoms with E-state index in [9.17, 15) is 8.42 Å². The van der Waals surface area contributed by atoms with Gasteiger partial charge in [-0.2, -0.15) is 13.4 Å². The molecule has 0 atom stereocenters. The standard InChI is InChI=1S/C7H4ClNO3S2/c8-6-2-1-5(9-4-13)3-7(6)14(10,11)12/h1-3H,(H,10,11,12). The maximum absolute atomic E-state index is 10.8. The molecule has 4 nitrogen and oxygen atoms in total. The third-order valence-electron chi connectivity index (χ3n) is 1.37. The summed E-state index contributed by atoms with van der Waals surface area (Å²) in [4.78, 5) is 3.16. The molecule has 0 saturated heterocycles. The van der Waals surface area contributed by atoms with Gasteiger partial charge in [0.25, 0.3) is 10.1 Å². The van der Waals surface area contributed by atoms with Crippen molar-refractivity contribution in [3.05, 3.63) is 23.2 Å². The fraction of sp³-hybridized carbons (Fsp3) is 0. The largest absolute Gasteiger partial charge is 0.296 e. The van der Waals surface area contributed by atoms with Crippen LogP contribution in [-0.4, -0.2) is 18.1 Å². The van der Waals surface area contributed by atoms with Crippen molar-refractivity contribution < 1.29 is 13.0 Å². The number of hydrogen-bond acceptors (Lipinski definition) is 4. The maximum atomic E-state index is 10.8. The van der Waals surface area contributed by atoms with E-state index in [1.54, 1.807) is 0 Å². The summed E-state index contributed by atoms with van der Waals surface area (Å²) in [5.74, 6) is 0. The molecule has 74 valence electrons. The SMILES string of the molecule is O=S(=O)(O)c1cc(N=C=S)ccc1Cl. The van der Waals surface area contributed by atoms with Crippen molar-refractivity contribution in [2.75, 3.05) is 0 Å². The van der Waals surface area contributed by atoms with Gasteiger partial charge in [-0.05, 0) is 30.4 Å². The van der Waals surface area contributed by atoms with E-state index in [0.717, 1.165) is 6.07 Å². The average Bonchev–Trinajstić information content (AvgIpc) is 2.07. The lowest BCUT2D eigenvalue weighted by atomic mass is 10.3. The van der Waals surface area contributed by atoms with E-state index in [4.69, 9.17) is 16.2 Å². The van der Waals surface area contributed by atoms with Gasteiger partial charge in [0.05, 0.1) is 15.9 Å². The molecular formula is C7H4ClNO3S2. The average molecular weight is 250 g/mol. The molecule has 1 rings (SSSR count). The molecule has 0 unspecified atom stereocenters. The van der Waals surface area contributed by atoms with Gasteiger partial charge in [-0.25, -0.2) is 0 Å². The smallest absolute Gasteiger partial charge is 0.282 e. The zero-order valence-corrected chi connectivity index (χ0v) is 9.03. The number of nitrogens with zero attached hydrogens (tertiary/aromatic N) is 1. The Labute approximate surface area is 91.0 Å². The number of benzene rings is 1. The second-order valence-electron chi connectivity index (χ2n) is 2.29. The minimum atomic E-state index is -4.33. The number of thiocarbonyl (C=S) groups is 1. The predicted molar refractivity (Wildman–Crippen MR) is 56.0 cm³/mol. The van der Waals surface area contributed by atoms with Gasteiger partial charge in [0.1, 0.15) is 4.90 Å². The first kappa shape index (κ1) is 11.3. The van der Waals surface area contributed by atoms with E-state index >= 15 is 0 Å². The van der Waals surface area contributed by atoms with Crippen LogP contribution in [0.15, 0.2) is 28.1 Å². The summed E-state index contributed by atoms with van der Waals surface area (Å²) in [7, 11) is -4.33. The minimum absolute atomic E-state index is 0.0733. The van der Waals surface area contributed by atoms with Gasteiger partial charge < -0.3 is 0 Å². The number of hydrogen-bond donors (Lipinski definition) is 1. The van der Waals surface area contributed by atoms with Gasteiger partial charge in [-0.3, -0.25) is 4.55 Å². The van der Waals surface area contributed by atoms with Gasteiger partial charge >= 0.3 is 0 Å². The lowest BCUT2D eigenvalue weighted by Crippen LogP contribution is -1.98. The molecule has 0 saturated carbocycles. The Morgan fingerprint density at radius 3 is 2.64 bits per heavy atom. The van der Waals surface area contributed by atoms with Gasteiger partial charge in [-0.1, -0.05) is 11.6 Å². The topological polar surface area (TPSA) is 66.7 Å². The number of aliphatic imine (C=N–C) groups is 1. The molecule has 1 N–H and O–H groups in total. The van der Waals surface area contributed by atoms with Gasteiger partial charge in [0.15, 0.2) is 0 Å². The first-order valence-electron chi connectivity index (χ1n) is 3.30. The van der Waals surface area contributed by atoms with Gasteiger partial charge in [0, 0.05) is 0 Å². The summed E-state index contributed by atoms with van der Waals surface area (Å²) in [5, 5.41) is 2.00. The summed E-state index contributed by atoms with van der Waals surface area (Å²) in [6.07, 6.45) is 0. The van der Waals surface area contributed by atoms with E-state index in [2.05, 4.69) is 22.4 Å². The molecule has 0 spiro atoms. The van der Waals surface area contributed by atoms with Crippen molar-refractivity contribution in [2.24, 2.45) is 4.99 Å². The third kappa shape index (κ3) is 2.60. The highest BCUT2D eigenvalue weighted by Crippen LogP contribution is 2.25. The van der Waals surface area contributed by atoms with Crippen LogP contribution in [0.1, 0.15) is 0 Å². The van der Waals surface area contributed by atoms with Gasteiger partial charge in [-0.15, -0.1) is 0 Å². The van der Waals surface area contributed by atoms with Crippen LogP contribution in [-0.2, 0) is 10.1 Å². The molecule has 1 aromatic rings. The Hall–Kier alpha value is -0.780. The lowest BCUT2D eigenvalue weighted by Gasteiger charge is -2.00. The monoisotopic (exact) mass is 249 g/mol. The van der Waals surface area contributed by atoms with Crippen LogP contribution < -0.4 is 0 Å². The zero-order chi connectivity index (χ0) is 10.8. The minimum Gasteiger partial charge on any atom is -0.282 e. The van der Waals surface area contributed by atoms with Crippen molar-refractivity contribution >= 4 is 44.8 Å². The Morgan fingerprint density at radius 1 is 1.50 bits per heavy atom. The summed E-state index contributed by atoms with van der Waals surface area (Å²) in [6.45, 7) is 0. The van der Waals surface area contributed by atoms with E-state index in [1.807, 2.05) is 0 Å². The van der Waals surface area contributed by atoms with Crippen molar-refractivity contribution in [1.82, 2.24) is 0 Å². The highest BCUT2D eigenvalue weighted by Gasteiger charge is 2.14.